The number of aromatic nitrogens is 2. The number of hydrogen-bond donors (Lipinski definition) is 1. The smallest absolute Gasteiger partial charge is 0.234 e. The van der Waals surface area contributed by atoms with E-state index in [-0.39, 0.29) is 17.7 Å². The molecular weight excluding hydrogens is 354 g/mol. The van der Waals surface area contributed by atoms with Crippen LogP contribution in [0.4, 0.5) is 5.69 Å². The molecule has 6 nitrogen and oxygen atoms in total. The van der Waals surface area contributed by atoms with Crippen molar-refractivity contribution in [3.63, 3.8) is 0 Å². The molecule has 0 spiro atoms. The molecule has 2 aliphatic rings. The molecule has 142 valence electrons. The summed E-state index contributed by atoms with van der Waals surface area (Å²) >= 11 is 0. The average Bonchev–Trinajstić information content (AvgIpc) is 3.31. The Morgan fingerprint density at radius 3 is 2.82 bits per heavy atom. The van der Waals surface area contributed by atoms with Crippen LogP contribution in [0.15, 0.2) is 47.0 Å². The SMILES string of the molecule is COc1cccc2c1C(c1nc(-c3ccccc3NC(=O)C3CC3)no1)CC2. The van der Waals surface area contributed by atoms with Gasteiger partial charge >= 0.3 is 0 Å². The second-order valence-electron chi connectivity index (χ2n) is 7.39. The summed E-state index contributed by atoms with van der Waals surface area (Å²) in [5, 5.41) is 7.21. The minimum absolute atomic E-state index is 0.0283. The Hall–Kier alpha value is -3.15. The van der Waals surface area contributed by atoms with E-state index < -0.39 is 0 Å². The lowest BCUT2D eigenvalue weighted by Crippen LogP contribution is -2.14. The highest BCUT2D eigenvalue weighted by molar-refractivity contribution is 5.97. The summed E-state index contributed by atoms with van der Waals surface area (Å²) in [5.74, 6) is 2.16. The van der Waals surface area contributed by atoms with Crippen molar-refractivity contribution in [1.29, 1.82) is 0 Å². The molecule has 1 aromatic heterocycles. The molecule has 0 bridgehead atoms. The van der Waals surface area contributed by atoms with Gasteiger partial charge in [-0.15, -0.1) is 0 Å². The molecule has 0 aliphatic heterocycles. The number of benzene rings is 2. The molecule has 3 aromatic rings. The van der Waals surface area contributed by atoms with Gasteiger partial charge in [-0.05, 0) is 49.4 Å². The molecule has 2 aliphatic carbocycles. The molecule has 28 heavy (non-hydrogen) atoms. The number of ether oxygens (including phenoxy) is 1. The molecule has 0 saturated heterocycles. The Bertz CT molecular complexity index is 1040. The maximum atomic E-state index is 12.2. The molecule has 2 aromatic carbocycles. The zero-order chi connectivity index (χ0) is 19.1. The fraction of sp³-hybridized carbons (Fsp3) is 0.318. The van der Waals surface area contributed by atoms with Gasteiger partial charge in [0.2, 0.25) is 17.6 Å². The molecule has 0 radical (unpaired) electrons. The van der Waals surface area contributed by atoms with Gasteiger partial charge in [0.15, 0.2) is 0 Å². The van der Waals surface area contributed by atoms with Crippen LogP contribution in [-0.2, 0) is 11.2 Å². The van der Waals surface area contributed by atoms with E-state index >= 15 is 0 Å². The Balaban J connectivity index is 1.47. The summed E-state index contributed by atoms with van der Waals surface area (Å²) in [4.78, 5) is 16.9. The number of amides is 1. The van der Waals surface area contributed by atoms with Gasteiger partial charge in [0, 0.05) is 17.0 Å². The fourth-order valence-corrected chi connectivity index (χ4v) is 3.93. The molecule has 1 saturated carbocycles. The third kappa shape index (κ3) is 2.95. The van der Waals surface area contributed by atoms with Gasteiger partial charge in [-0.1, -0.05) is 29.4 Å². The number of nitrogens with one attached hydrogen (secondary N) is 1. The summed E-state index contributed by atoms with van der Waals surface area (Å²) < 4.78 is 11.2. The van der Waals surface area contributed by atoms with E-state index in [0.29, 0.717) is 11.7 Å². The first-order chi connectivity index (χ1) is 13.7. The maximum absolute atomic E-state index is 12.2. The monoisotopic (exact) mass is 375 g/mol. The maximum Gasteiger partial charge on any atom is 0.234 e. The average molecular weight is 375 g/mol. The lowest BCUT2D eigenvalue weighted by Gasteiger charge is -2.11. The molecule has 1 heterocycles. The summed E-state index contributed by atoms with van der Waals surface area (Å²) in [6, 6.07) is 13.7. The summed E-state index contributed by atoms with van der Waals surface area (Å²) in [7, 11) is 1.68. The van der Waals surface area contributed by atoms with Gasteiger partial charge in [0.05, 0.1) is 18.7 Å². The summed E-state index contributed by atoms with van der Waals surface area (Å²) in [6.45, 7) is 0. The number of carbonyl (C=O) groups is 1. The van der Waals surface area contributed by atoms with Gasteiger partial charge in [0.25, 0.3) is 0 Å². The normalized spacial score (nSPS) is 18.0. The van der Waals surface area contributed by atoms with Crippen LogP contribution in [0.5, 0.6) is 5.75 Å². The van der Waals surface area contributed by atoms with Crippen LogP contribution in [0, 0.1) is 5.92 Å². The van der Waals surface area contributed by atoms with Crippen molar-refractivity contribution in [3.8, 4) is 17.1 Å². The number of methoxy groups -OCH3 is 1. The number of aryl methyl sites for hydroxylation is 1. The minimum Gasteiger partial charge on any atom is -0.496 e. The lowest BCUT2D eigenvalue weighted by molar-refractivity contribution is -0.117. The number of hydrogen-bond acceptors (Lipinski definition) is 5. The Morgan fingerprint density at radius 1 is 1.14 bits per heavy atom. The van der Waals surface area contributed by atoms with Crippen molar-refractivity contribution in [2.24, 2.45) is 5.92 Å². The van der Waals surface area contributed by atoms with Gasteiger partial charge in [0.1, 0.15) is 5.75 Å². The van der Waals surface area contributed by atoms with Gasteiger partial charge in [-0.2, -0.15) is 4.98 Å². The Kier molecular flexibility index (Phi) is 4.11. The van der Waals surface area contributed by atoms with E-state index in [4.69, 9.17) is 9.26 Å². The van der Waals surface area contributed by atoms with Crippen LogP contribution in [0.25, 0.3) is 11.4 Å². The number of para-hydroxylation sites is 1. The number of rotatable bonds is 5. The van der Waals surface area contributed by atoms with Crippen molar-refractivity contribution in [1.82, 2.24) is 10.1 Å². The molecular formula is C22H21N3O3. The molecule has 5 rings (SSSR count). The standard InChI is InChI=1S/C22H21N3O3/c1-27-18-8-4-5-13-11-12-16(19(13)18)22-24-20(25-28-22)15-6-2-3-7-17(15)23-21(26)14-9-10-14/h2-8,14,16H,9-12H2,1H3,(H,23,26). The van der Waals surface area contributed by atoms with Crippen LogP contribution in [0.1, 0.15) is 42.2 Å². The summed E-state index contributed by atoms with van der Waals surface area (Å²) in [5.41, 5.74) is 3.89. The van der Waals surface area contributed by atoms with Crippen LogP contribution >= 0.6 is 0 Å². The highest BCUT2D eigenvalue weighted by Gasteiger charge is 2.33. The number of nitrogens with zero attached hydrogens (tertiary/aromatic N) is 2. The first kappa shape index (κ1) is 17.0. The quantitative estimate of drug-likeness (QED) is 0.724. The number of anilines is 1. The molecule has 1 amide bonds. The first-order valence-electron chi connectivity index (χ1n) is 9.64. The van der Waals surface area contributed by atoms with Crippen LogP contribution in [0.2, 0.25) is 0 Å². The Labute approximate surface area is 162 Å². The molecule has 1 fully saturated rings. The van der Waals surface area contributed by atoms with Crippen molar-refractivity contribution in [2.45, 2.75) is 31.6 Å². The third-order valence-corrected chi connectivity index (χ3v) is 5.54. The highest BCUT2D eigenvalue weighted by atomic mass is 16.5. The first-order valence-corrected chi connectivity index (χ1v) is 9.64. The van der Waals surface area contributed by atoms with Crippen molar-refractivity contribution < 1.29 is 14.1 Å². The second-order valence-corrected chi connectivity index (χ2v) is 7.39. The largest absolute Gasteiger partial charge is 0.496 e. The van der Waals surface area contributed by atoms with Crippen LogP contribution < -0.4 is 10.1 Å². The van der Waals surface area contributed by atoms with E-state index in [0.717, 1.165) is 48.2 Å². The van der Waals surface area contributed by atoms with Gasteiger partial charge < -0.3 is 14.6 Å². The van der Waals surface area contributed by atoms with E-state index in [2.05, 4.69) is 21.5 Å². The Morgan fingerprint density at radius 2 is 2.00 bits per heavy atom. The fourth-order valence-electron chi connectivity index (χ4n) is 3.93. The van der Waals surface area contributed by atoms with E-state index in [9.17, 15) is 4.79 Å². The topological polar surface area (TPSA) is 77.2 Å². The van der Waals surface area contributed by atoms with E-state index in [1.807, 2.05) is 36.4 Å². The molecule has 1 N–H and O–H groups in total. The lowest BCUT2D eigenvalue weighted by atomic mass is 10.00. The summed E-state index contributed by atoms with van der Waals surface area (Å²) in [6.07, 6.45) is 3.80. The number of carbonyl (C=O) groups excluding carboxylic acids is 1. The molecule has 6 heteroatoms. The molecule has 1 atom stereocenters. The predicted molar refractivity (Wildman–Crippen MR) is 104 cm³/mol. The van der Waals surface area contributed by atoms with Gasteiger partial charge in [-0.3, -0.25) is 4.79 Å². The zero-order valence-electron chi connectivity index (χ0n) is 15.6. The highest BCUT2D eigenvalue weighted by Crippen LogP contribution is 2.43. The van der Waals surface area contributed by atoms with E-state index in [1.165, 1.54) is 5.56 Å². The van der Waals surface area contributed by atoms with Crippen molar-refractivity contribution in [3.05, 3.63) is 59.5 Å². The predicted octanol–water partition coefficient (Wildman–Crippen LogP) is 4.17. The number of fused-ring (bicyclic) bond motifs is 1. The second kappa shape index (κ2) is 6.78. The van der Waals surface area contributed by atoms with Gasteiger partial charge in [-0.25, -0.2) is 0 Å². The third-order valence-electron chi connectivity index (χ3n) is 5.54. The van der Waals surface area contributed by atoms with Crippen molar-refractivity contribution >= 4 is 11.6 Å². The van der Waals surface area contributed by atoms with Crippen molar-refractivity contribution in [2.75, 3.05) is 12.4 Å². The van der Waals surface area contributed by atoms with Crippen LogP contribution in [0.3, 0.4) is 0 Å². The van der Waals surface area contributed by atoms with E-state index in [1.54, 1.807) is 7.11 Å². The minimum atomic E-state index is 0.0283. The zero-order valence-corrected chi connectivity index (χ0v) is 15.6. The molecule has 1 unspecified atom stereocenters. The van der Waals surface area contributed by atoms with Crippen LogP contribution in [-0.4, -0.2) is 23.2 Å².